The van der Waals surface area contributed by atoms with Crippen LogP contribution in [-0.4, -0.2) is 29.4 Å². The summed E-state index contributed by atoms with van der Waals surface area (Å²) in [7, 11) is 0. The van der Waals surface area contributed by atoms with Crippen LogP contribution >= 0.6 is 0 Å². The first-order valence-corrected chi connectivity index (χ1v) is 7.10. The van der Waals surface area contributed by atoms with Crippen LogP contribution in [0.3, 0.4) is 0 Å². The number of aromatic nitrogens is 1. The lowest BCUT2D eigenvalue weighted by Crippen LogP contribution is -2.24. The quantitative estimate of drug-likeness (QED) is 0.563. The Balaban J connectivity index is 2.72. The number of carbonyl (C=O) groups excluding carboxylic acids is 2. The van der Waals surface area contributed by atoms with E-state index in [1.165, 1.54) is 0 Å². The maximum absolute atomic E-state index is 12.2. The van der Waals surface area contributed by atoms with Crippen molar-refractivity contribution in [3.63, 3.8) is 0 Å². The molecule has 0 atom stereocenters. The number of nitrogens with one attached hydrogen (secondary N) is 3. The maximum atomic E-state index is 12.2. The lowest BCUT2D eigenvalue weighted by molar-refractivity contribution is 0.0950. The molecule has 5 heteroatoms. The highest BCUT2D eigenvalue weighted by molar-refractivity contribution is 6.37. The zero-order valence-corrected chi connectivity index (χ0v) is 12.2. The van der Waals surface area contributed by atoms with Gasteiger partial charge in [0.25, 0.3) is 5.91 Å². The Labute approximate surface area is 123 Å². The van der Waals surface area contributed by atoms with Crippen molar-refractivity contribution >= 4 is 28.8 Å². The highest BCUT2D eigenvalue weighted by Crippen LogP contribution is 2.27. The van der Waals surface area contributed by atoms with Crippen LogP contribution < -0.4 is 5.32 Å². The van der Waals surface area contributed by atoms with Crippen molar-refractivity contribution in [1.29, 1.82) is 5.41 Å². The normalized spacial score (nSPS) is 10.6. The van der Waals surface area contributed by atoms with Gasteiger partial charge in [0, 0.05) is 23.0 Å². The second-order valence-electron chi connectivity index (χ2n) is 4.82. The third-order valence-corrected chi connectivity index (χ3v) is 3.39. The monoisotopic (exact) mass is 285 g/mol. The number of ketones is 1. The molecule has 21 heavy (non-hydrogen) atoms. The first-order valence-electron chi connectivity index (χ1n) is 7.10. The van der Waals surface area contributed by atoms with Gasteiger partial charge in [-0.25, -0.2) is 0 Å². The van der Waals surface area contributed by atoms with E-state index in [0.717, 1.165) is 29.1 Å². The molecule has 0 spiro atoms. The lowest BCUT2D eigenvalue weighted by atomic mass is 9.99. The topological polar surface area (TPSA) is 85.8 Å². The standard InChI is InChI=1S/C16H19N3O2/c1-3-6-11-14-10(13(20)9-17)7-5-8-12(14)19-15(11)16(21)18-4-2/h5,7-9,17,19H,3-4,6H2,1-2H3,(H,18,21). The molecule has 0 saturated carbocycles. The number of hydrogen-bond acceptors (Lipinski definition) is 3. The summed E-state index contributed by atoms with van der Waals surface area (Å²) in [4.78, 5) is 27.2. The maximum Gasteiger partial charge on any atom is 0.268 e. The molecule has 2 rings (SSSR count). The van der Waals surface area contributed by atoms with Crippen molar-refractivity contribution in [2.45, 2.75) is 26.7 Å². The number of carbonyl (C=O) groups is 2. The molecule has 0 aliphatic rings. The molecule has 1 amide bonds. The summed E-state index contributed by atoms with van der Waals surface area (Å²) in [5.41, 5.74) is 2.59. The number of H-pyrrole nitrogens is 1. The van der Waals surface area contributed by atoms with E-state index in [-0.39, 0.29) is 11.7 Å². The summed E-state index contributed by atoms with van der Waals surface area (Å²) >= 11 is 0. The second kappa shape index (κ2) is 6.35. The van der Waals surface area contributed by atoms with Crippen LogP contribution in [-0.2, 0) is 6.42 Å². The molecular weight excluding hydrogens is 266 g/mol. The molecule has 0 aliphatic carbocycles. The second-order valence-corrected chi connectivity index (χ2v) is 4.82. The van der Waals surface area contributed by atoms with Crippen molar-refractivity contribution in [1.82, 2.24) is 10.3 Å². The summed E-state index contributed by atoms with van der Waals surface area (Å²) in [5, 5.41) is 10.7. The molecule has 1 aromatic carbocycles. The Bertz CT molecular complexity index is 701. The summed E-state index contributed by atoms with van der Waals surface area (Å²) in [6.07, 6.45) is 2.38. The molecule has 2 aromatic rings. The summed E-state index contributed by atoms with van der Waals surface area (Å²) in [6.45, 7) is 4.44. The number of Topliss-reactive ketones (excluding diaryl/α,β-unsaturated/α-hetero) is 1. The first kappa shape index (κ1) is 15.0. The fourth-order valence-corrected chi connectivity index (χ4v) is 2.54. The Hall–Kier alpha value is -2.43. The molecular formula is C16H19N3O2. The molecule has 110 valence electrons. The Morgan fingerprint density at radius 3 is 2.71 bits per heavy atom. The van der Waals surface area contributed by atoms with Gasteiger partial charge in [0.15, 0.2) is 0 Å². The fraction of sp³-hybridized carbons (Fsp3) is 0.312. The van der Waals surface area contributed by atoms with Crippen LogP contribution in [0.5, 0.6) is 0 Å². The Morgan fingerprint density at radius 2 is 2.10 bits per heavy atom. The van der Waals surface area contributed by atoms with Gasteiger partial charge in [0.05, 0.1) is 6.21 Å². The van der Waals surface area contributed by atoms with Crippen molar-refractivity contribution in [2.75, 3.05) is 6.54 Å². The van der Waals surface area contributed by atoms with Gasteiger partial charge in [-0.3, -0.25) is 9.59 Å². The smallest absolute Gasteiger partial charge is 0.268 e. The zero-order chi connectivity index (χ0) is 15.4. The van der Waals surface area contributed by atoms with Crippen LogP contribution in [0.1, 0.15) is 46.7 Å². The molecule has 0 saturated heterocycles. The van der Waals surface area contributed by atoms with Crippen molar-refractivity contribution < 1.29 is 9.59 Å². The molecule has 0 fully saturated rings. The van der Waals surface area contributed by atoms with Gasteiger partial charge in [0.1, 0.15) is 5.69 Å². The first-order chi connectivity index (χ1) is 10.1. The number of benzene rings is 1. The van der Waals surface area contributed by atoms with Gasteiger partial charge in [-0.2, -0.15) is 0 Å². The highest BCUT2D eigenvalue weighted by atomic mass is 16.2. The largest absolute Gasteiger partial charge is 0.351 e. The number of rotatable bonds is 6. The minimum atomic E-state index is -0.348. The van der Waals surface area contributed by atoms with E-state index >= 15 is 0 Å². The molecule has 0 unspecified atom stereocenters. The molecule has 1 aromatic heterocycles. The lowest BCUT2D eigenvalue weighted by Gasteiger charge is -2.05. The molecule has 0 bridgehead atoms. The molecule has 3 N–H and O–H groups in total. The molecule has 0 radical (unpaired) electrons. The van der Waals surface area contributed by atoms with E-state index in [1.54, 1.807) is 12.1 Å². The summed E-state index contributed by atoms with van der Waals surface area (Å²) < 4.78 is 0. The van der Waals surface area contributed by atoms with Gasteiger partial charge in [-0.05, 0) is 25.0 Å². The highest BCUT2D eigenvalue weighted by Gasteiger charge is 2.20. The molecule has 0 aliphatic heterocycles. The van der Waals surface area contributed by atoms with Crippen molar-refractivity contribution in [3.05, 3.63) is 35.0 Å². The molecule has 5 nitrogen and oxygen atoms in total. The minimum absolute atomic E-state index is 0.162. The molecule has 1 heterocycles. The van der Waals surface area contributed by atoms with Crippen molar-refractivity contribution in [2.24, 2.45) is 0 Å². The average Bonchev–Trinajstić information content (AvgIpc) is 2.86. The predicted octanol–water partition coefficient (Wildman–Crippen LogP) is 2.70. The predicted molar refractivity (Wildman–Crippen MR) is 83.4 cm³/mol. The number of fused-ring (bicyclic) bond motifs is 1. The van der Waals surface area contributed by atoms with Crippen LogP contribution in [0.4, 0.5) is 0 Å². The minimum Gasteiger partial charge on any atom is -0.351 e. The van der Waals surface area contributed by atoms with Crippen molar-refractivity contribution in [3.8, 4) is 0 Å². The van der Waals surface area contributed by atoms with Crippen LogP contribution in [0.2, 0.25) is 0 Å². The fourth-order valence-electron chi connectivity index (χ4n) is 2.54. The Kier molecular flexibility index (Phi) is 4.52. The van der Waals surface area contributed by atoms with Gasteiger partial charge in [0.2, 0.25) is 5.78 Å². The number of hydrogen-bond donors (Lipinski definition) is 3. The number of aryl methyl sites for hydroxylation is 1. The van der Waals surface area contributed by atoms with E-state index in [1.807, 2.05) is 19.9 Å². The zero-order valence-electron chi connectivity index (χ0n) is 12.2. The Morgan fingerprint density at radius 1 is 1.33 bits per heavy atom. The van der Waals surface area contributed by atoms with Gasteiger partial charge >= 0.3 is 0 Å². The van der Waals surface area contributed by atoms with E-state index in [4.69, 9.17) is 5.41 Å². The third kappa shape index (κ3) is 2.72. The van der Waals surface area contributed by atoms with Crippen LogP contribution in [0, 0.1) is 5.41 Å². The van der Waals surface area contributed by atoms with Crippen LogP contribution in [0.25, 0.3) is 10.9 Å². The SMILES string of the molecule is CCCc1c(C(=O)NCC)[nH]c2cccc(C(=O)C=N)c12. The van der Waals surface area contributed by atoms with Crippen LogP contribution in [0.15, 0.2) is 18.2 Å². The van der Waals surface area contributed by atoms with E-state index < -0.39 is 0 Å². The van der Waals surface area contributed by atoms with E-state index in [9.17, 15) is 9.59 Å². The average molecular weight is 285 g/mol. The van der Waals surface area contributed by atoms with E-state index in [2.05, 4.69) is 10.3 Å². The summed E-state index contributed by atoms with van der Waals surface area (Å²) in [6, 6.07) is 5.30. The number of amides is 1. The summed E-state index contributed by atoms with van der Waals surface area (Å²) in [5.74, 6) is -0.509. The number of aromatic amines is 1. The van der Waals surface area contributed by atoms with Gasteiger partial charge in [-0.15, -0.1) is 0 Å². The van der Waals surface area contributed by atoms with Gasteiger partial charge in [-0.1, -0.05) is 25.5 Å². The van der Waals surface area contributed by atoms with Gasteiger partial charge < -0.3 is 15.7 Å². The van der Waals surface area contributed by atoms with E-state index in [0.29, 0.717) is 24.2 Å². The third-order valence-electron chi connectivity index (χ3n) is 3.39.